The van der Waals surface area contributed by atoms with Crippen LogP contribution in [0.4, 0.5) is 0 Å². The van der Waals surface area contributed by atoms with Gasteiger partial charge in [-0.1, -0.05) is 60.4 Å². The van der Waals surface area contributed by atoms with Crippen LogP contribution in [0.2, 0.25) is 0 Å². The average Bonchev–Trinajstić information content (AvgIpc) is 2.60. The first-order valence-corrected chi connectivity index (χ1v) is 6.41. The molecule has 1 atom stereocenters. The van der Waals surface area contributed by atoms with E-state index < -0.39 is 5.72 Å². The highest BCUT2D eigenvalue weighted by atomic mass is 32.2. The number of rotatable bonds is 3. The summed E-state index contributed by atoms with van der Waals surface area (Å²) in [6.45, 7) is 4.26. The minimum atomic E-state index is -0.989. The largest absolute Gasteiger partial charge is 0.366 e. The summed E-state index contributed by atoms with van der Waals surface area (Å²) in [5.74, 6) is 0.573. The molecule has 0 radical (unpaired) electrons. The molecule has 0 aliphatic carbocycles. The lowest BCUT2D eigenvalue weighted by Gasteiger charge is -2.33. The Morgan fingerprint density at radius 2 is 2.19 bits per heavy atom. The van der Waals surface area contributed by atoms with Crippen LogP contribution in [0, 0.1) is 0 Å². The number of hydrogen-bond donors (Lipinski definition) is 1. The van der Waals surface area contributed by atoms with E-state index in [-0.39, 0.29) is 0 Å². The van der Waals surface area contributed by atoms with Gasteiger partial charge in [-0.25, -0.2) is 0 Å². The first-order valence-electron chi connectivity index (χ1n) is 5.01. The first-order chi connectivity index (χ1) is 7.68. The van der Waals surface area contributed by atoms with Crippen molar-refractivity contribution < 1.29 is 5.11 Å². The summed E-state index contributed by atoms with van der Waals surface area (Å²) in [5, 5.41) is 10.7. The van der Waals surface area contributed by atoms with Crippen molar-refractivity contribution in [1.82, 2.24) is 4.90 Å². The summed E-state index contributed by atoms with van der Waals surface area (Å²) in [6, 6.07) is 9.62. The highest BCUT2D eigenvalue weighted by molar-refractivity contribution is 8.23. The summed E-state index contributed by atoms with van der Waals surface area (Å²) in [7, 11) is 0. The number of thioether (sulfide) groups is 1. The summed E-state index contributed by atoms with van der Waals surface area (Å²) in [5.41, 5.74) is -0.110. The molecule has 0 spiro atoms. The minimum absolute atomic E-state index is 0.567. The average molecular weight is 251 g/mol. The van der Waals surface area contributed by atoms with E-state index in [1.807, 2.05) is 35.2 Å². The normalized spacial score (nSPS) is 24.8. The Labute approximate surface area is 105 Å². The van der Waals surface area contributed by atoms with Crippen LogP contribution in [-0.2, 0) is 5.72 Å². The number of aliphatic hydroxyl groups is 1. The molecule has 1 fully saturated rings. The zero-order chi connectivity index (χ0) is 11.6. The SMILES string of the molecule is C=CCN1C(=S)SCC1(O)c1ccccc1. The molecule has 1 saturated heterocycles. The molecule has 1 heterocycles. The van der Waals surface area contributed by atoms with Gasteiger partial charge >= 0.3 is 0 Å². The van der Waals surface area contributed by atoms with E-state index >= 15 is 0 Å². The molecule has 0 aromatic heterocycles. The van der Waals surface area contributed by atoms with Crippen molar-refractivity contribution in [3.63, 3.8) is 0 Å². The van der Waals surface area contributed by atoms with E-state index in [4.69, 9.17) is 12.2 Å². The van der Waals surface area contributed by atoms with Gasteiger partial charge in [-0.05, 0) is 0 Å². The fourth-order valence-electron chi connectivity index (χ4n) is 1.77. The Morgan fingerprint density at radius 1 is 1.50 bits per heavy atom. The van der Waals surface area contributed by atoms with Gasteiger partial charge in [0.25, 0.3) is 0 Å². The van der Waals surface area contributed by atoms with Gasteiger partial charge < -0.3 is 10.0 Å². The van der Waals surface area contributed by atoms with Crippen LogP contribution < -0.4 is 0 Å². The predicted octanol–water partition coefficient (Wildman–Crippen LogP) is 2.35. The van der Waals surface area contributed by atoms with Crippen molar-refractivity contribution in [2.45, 2.75) is 5.72 Å². The molecule has 84 valence electrons. The highest BCUT2D eigenvalue weighted by Gasteiger charge is 2.43. The van der Waals surface area contributed by atoms with E-state index in [2.05, 4.69) is 6.58 Å². The maximum Gasteiger partial charge on any atom is 0.175 e. The molecule has 1 N–H and O–H groups in total. The maximum absolute atomic E-state index is 10.7. The molecule has 1 aliphatic heterocycles. The van der Waals surface area contributed by atoms with Crippen LogP contribution in [0.1, 0.15) is 5.56 Å². The maximum atomic E-state index is 10.7. The zero-order valence-electron chi connectivity index (χ0n) is 8.80. The van der Waals surface area contributed by atoms with E-state index in [9.17, 15) is 5.11 Å². The Balaban J connectivity index is 2.37. The van der Waals surface area contributed by atoms with Crippen LogP contribution in [-0.4, -0.2) is 26.6 Å². The minimum Gasteiger partial charge on any atom is -0.366 e. The third kappa shape index (κ3) is 1.88. The van der Waals surface area contributed by atoms with Crippen LogP contribution in [0.5, 0.6) is 0 Å². The van der Waals surface area contributed by atoms with Crippen molar-refractivity contribution >= 4 is 28.3 Å². The molecule has 0 amide bonds. The summed E-state index contributed by atoms with van der Waals surface area (Å²) >= 11 is 6.74. The summed E-state index contributed by atoms with van der Waals surface area (Å²) in [4.78, 5) is 1.81. The van der Waals surface area contributed by atoms with Gasteiger partial charge in [0.2, 0.25) is 0 Å². The second-order valence-corrected chi connectivity index (χ2v) is 5.25. The zero-order valence-corrected chi connectivity index (χ0v) is 10.4. The van der Waals surface area contributed by atoms with E-state index in [0.717, 1.165) is 9.88 Å². The fraction of sp³-hybridized carbons (Fsp3) is 0.250. The number of hydrogen-bond acceptors (Lipinski definition) is 3. The molecular formula is C12H13NOS2. The van der Waals surface area contributed by atoms with E-state index in [1.54, 1.807) is 6.08 Å². The van der Waals surface area contributed by atoms with Crippen molar-refractivity contribution in [1.29, 1.82) is 0 Å². The first kappa shape index (κ1) is 11.6. The second kappa shape index (κ2) is 4.57. The van der Waals surface area contributed by atoms with Crippen LogP contribution in [0.25, 0.3) is 0 Å². The van der Waals surface area contributed by atoms with Crippen LogP contribution in [0.3, 0.4) is 0 Å². The summed E-state index contributed by atoms with van der Waals surface area (Å²) in [6.07, 6.45) is 1.76. The smallest absolute Gasteiger partial charge is 0.175 e. The molecule has 1 aliphatic rings. The molecule has 1 aromatic rings. The molecule has 4 heteroatoms. The van der Waals surface area contributed by atoms with Crippen molar-refractivity contribution in [2.75, 3.05) is 12.3 Å². The molecule has 0 bridgehead atoms. The molecule has 16 heavy (non-hydrogen) atoms. The third-order valence-electron chi connectivity index (χ3n) is 2.61. The highest BCUT2D eigenvalue weighted by Crippen LogP contribution is 2.38. The van der Waals surface area contributed by atoms with E-state index in [1.165, 1.54) is 11.8 Å². The Kier molecular flexibility index (Phi) is 3.33. The number of thiocarbonyl (C=S) groups is 1. The van der Waals surface area contributed by atoms with Gasteiger partial charge in [0.1, 0.15) is 4.32 Å². The predicted molar refractivity (Wildman–Crippen MR) is 72.3 cm³/mol. The Bertz CT molecular complexity index is 407. The lowest BCUT2D eigenvalue weighted by molar-refractivity contribution is -0.0410. The third-order valence-corrected chi connectivity index (χ3v) is 4.20. The Morgan fingerprint density at radius 3 is 2.81 bits per heavy atom. The second-order valence-electron chi connectivity index (χ2n) is 3.64. The molecule has 0 saturated carbocycles. The van der Waals surface area contributed by atoms with Crippen LogP contribution in [0.15, 0.2) is 43.0 Å². The molecule has 2 rings (SSSR count). The van der Waals surface area contributed by atoms with Gasteiger partial charge in [-0.3, -0.25) is 0 Å². The lowest BCUT2D eigenvalue weighted by atomic mass is 10.0. The van der Waals surface area contributed by atoms with Gasteiger partial charge in [0.15, 0.2) is 5.72 Å². The Hall–Kier alpha value is -0.840. The molecular weight excluding hydrogens is 238 g/mol. The standard InChI is InChI=1S/C12H13NOS2/c1-2-8-13-11(15)16-9-12(13,14)10-6-4-3-5-7-10/h2-7,14H,1,8-9H2. The van der Waals surface area contributed by atoms with E-state index in [0.29, 0.717) is 12.3 Å². The summed E-state index contributed by atoms with van der Waals surface area (Å²) < 4.78 is 0.728. The van der Waals surface area contributed by atoms with Gasteiger partial charge in [0, 0.05) is 12.1 Å². The van der Waals surface area contributed by atoms with Crippen molar-refractivity contribution in [3.05, 3.63) is 48.6 Å². The fourth-order valence-corrected chi connectivity index (χ4v) is 3.20. The van der Waals surface area contributed by atoms with Crippen LogP contribution >= 0.6 is 24.0 Å². The van der Waals surface area contributed by atoms with Crippen molar-refractivity contribution in [2.24, 2.45) is 0 Å². The molecule has 1 aromatic carbocycles. The monoisotopic (exact) mass is 251 g/mol. The topological polar surface area (TPSA) is 23.5 Å². The van der Waals surface area contributed by atoms with Gasteiger partial charge in [-0.2, -0.15) is 0 Å². The van der Waals surface area contributed by atoms with Crippen molar-refractivity contribution in [3.8, 4) is 0 Å². The van der Waals surface area contributed by atoms with Gasteiger partial charge in [-0.15, -0.1) is 6.58 Å². The van der Waals surface area contributed by atoms with Gasteiger partial charge in [0.05, 0.1) is 5.75 Å². The molecule has 2 nitrogen and oxygen atoms in total. The quantitative estimate of drug-likeness (QED) is 0.658. The lowest BCUT2D eigenvalue weighted by Crippen LogP contribution is -2.44. The number of benzene rings is 1. The number of nitrogens with zero attached hydrogens (tertiary/aromatic N) is 1. The molecule has 1 unspecified atom stereocenters.